The molecular weight excluding hydrogens is 449 g/mol. The van der Waals surface area contributed by atoms with Crippen molar-refractivity contribution in [3.8, 4) is 5.69 Å². The first-order chi connectivity index (χ1) is 16.6. The van der Waals surface area contributed by atoms with Crippen LogP contribution in [0.1, 0.15) is 62.5 Å². The molecule has 4 aromatic rings. The Balaban J connectivity index is 0.00000158. The van der Waals surface area contributed by atoms with Gasteiger partial charge in [-0.25, -0.2) is 14.1 Å². The lowest BCUT2D eigenvalue weighted by Crippen LogP contribution is -2.28. The molecule has 8 heteroatoms. The maximum atomic E-state index is 13.3. The van der Waals surface area contributed by atoms with Gasteiger partial charge in [0.1, 0.15) is 5.82 Å². The van der Waals surface area contributed by atoms with E-state index in [9.17, 15) is 9.18 Å². The van der Waals surface area contributed by atoms with Gasteiger partial charge in [-0.05, 0) is 54.1 Å². The van der Waals surface area contributed by atoms with Gasteiger partial charge in [0.2, 0.25) is 0 Å². The quantitative estimate of drug-likeness (QED) is 0.298. The average Bonchev–Trinajstić information content (AvgIpc) is 3.30. The molecule has 0 fully saturated rings. The lowest BCUT2D eigenvalue weighted by molar-refractivity contribution is 0.0935. The summed E-state index contributed by atoms with van der Waals surface area (Å²) >= 11 is 1.68. The van der Waals surface area contributed by atoms with Gasteiger partial charge in [0, 0.05) is 17.8 Å². The molecule has 0 aliphatic rings. The summed E-state index contributed by atoms with van der Waals surface area (Å²) in [6.45, 7) is 8.18. The number of fused-ring (bicyclic) bond motifs is 1. The van der Waals surface area contributed by atoms with Gasteiger partial charge in [0.05, 0.1) is 40.2 Å². The Hall–Kier alpha value is -3.26. The van der Waals surface area contributed by atoms with Crippen LogP contribution in [0, 0.1) is 5.82 Å². The topological polar surface area (TPSA) is 72.7 Å². The number of thioether (sulfide) groups is 1. The minimum atomic E-state index is -0.318. The minimum Gasteiger partial charge on any atom is -0.345 e. The van der Waals surface area contributed by atoms with Crippen molar-refractivity contribution in [3.05, 3.63) is 78.1 Å². The van der Waals surface area contributed by atoms with E-state index in [4.69, 9.17) is 0 Å². The van der Waals surface area contributed by atoms with Crippen LogP contribution in [-0.2, 0) is 0 Å². The summed E-state index contributed by atoms with van der Waals surface area (Å²) in [5.74, 6) is 0.413. The van der Waals surface area contributed by atoms with Crippen molar-refractivity contribution in [3.63, 3.8) is 0 Å². The fourth-order valence-corrected chi connectivity index (χ4v) is 4.28. The summed E-state index contributed by atoms with van der Waals surface area (Å²) in [6, 6.07) is 9.90. The second kappa shape index (κ2) is 12.3. The van der Waals surface area contributed by atoms with Gasteiger partial charge >= 0.3 is 0 Å². The summed E-state index contributed by atoms with van der Waals surface area (Å²) in [7, 11) is 0. The van der Waals surface area contributed by atoms with Crippen molar-refractivity contribution in [1.29, 1.82) is 0 Å². The number of nitrogens with zero attached hydrogens (tertiary/aromatic N) is 4. The normalized spacial score (nSPS) is 11.6. The summed E-state index contributed by atoms with van der Waals surface area (Å²) < 4.78 is 15.0. The molecule has 34 heavy (non-hydrogen) atoms. The molecule has 1 aromatic carbocycles. The summed E-state index contributed by atoms with van der Waals surface area (Å²) in [5.41, 5.74) is 2.87. The molecule has 3 heterocycles. The van der Waals surface area contributed by atoms with Gasteiger partial charge in [-0.3, -0.25) is 9.78 Å². The third kappa shape index (κ3) is 5.80. The number of benzene rings is 1. The van der Waals surface area contributed by atoms with Gasteiger partial charge in [-0.2, -0.15) is 5.10 Å². The number of carbonyl (C=O) groups excluding carboxylic acids is 1. The van der Waals surface area contributed by atoms with Crippen LogP contribution in [0.2, 0.25) is 0 Å². The molecule has 1 unspecified atom stereocenters. The standard InChI is InChI=1S/C24H24FN5OS.C2H6/c1-3-5-21(16-10-11-27-23(12-16)32-4-2)29-24(31)20-13-26-15-22-19(20)14-28-30(22)18-8-6-17(25)7-9-18;1-2/h6-15,21H,3-5H2,1-2H3,(H,29,31);1-2H3. The molecule has 1 amide bonds. The predicted octanol–water partition coefficient (Wildman–Crippen LogP) is 6.36. The van der Waals surface area contributed by atoms with Crippen LogP contribution in [0.3, 0.4) is 0 Å². The number of amides is 1. The molecule has 0 aliphatic carbocycles. The molecule has 0 radical (unpaired) electrons. The maximum Gasteiger partial charge on any atom is 0.254 e. The number of halogens is 1. The Morgan fingerprint density at radius 2 is 1.88 bits per heavy atom. The van der Waals surface area contributed by atoms with Crippen molar-refractivity contribution in [2.24, 2.45) is 0 Å². The van der Waals surface area contributed by atoms with Gasteiger partial charge in [0.25, 0.3) is 5.91 Å². The molecule has 0 saturated heterocycles. The van der Waals surface area contributed by atoms with Crippen molar-refractivity contribution >= 4 is 28.6 Å². The number of hydrogen-bond acceptors (Lipinski definition) is 5. The third-order valence-electron chi connectivity index (χ3n) is 5.15. The van der Waals surface area contributed by atoms with E-state index in [0.717, 1.165) is 29.2 Å². The Kier molecular flexibility index (Phi) is 9.16. The van der Waals surface area contributed by atoms with Crippen molar-refractivity contribution in [1.82, 2.24) is 25.1 Å². The molecule has 6 nitrogen and oxygen atoms in total. The average molecular weight is 480 g/mol. The van der Waals surface area contributed by atoms with Gasteiger partial charge < -0.3 is 5.32 Å². The third-order valence-corrected chi connectivity index (χ3v) is 5.96. The van der Waals surface area contributed by atoms with E-state index < -0.39 is 0 Å². The van der Waals surface area contributed by atoms with Crippen molar-refractivity contribution in [2.75, 3.05) is 5.75 Å². The lowest BCUT2D eigenvalue weighted by atomic mass is 10.0. The number of nitrogens with one attached hydrogen (secondary N) is 1. The molecular formula is C26H30FN5OS. The first-order valence-corrected chi connectivity index (χ1v) is 12.6. The zero-order chi connectivity index (χ0) is 24.5. The Bertz CT molecular complexity index is 1230. The van der Waals surface area contributed by atoms with Crippen LogP contribution in [-0.4, -0.2) is 31.4 Å². The second-order valence-corrected chi connectivity index (χ2v) is 8.61. The van der Waals surface area contributed by atoms with Gasteiger partial charge in [0.15, 0.2) is 0 Å². The van der Waals surface area contributed by atoms with E-state index in [1.54, 1.807) is 53.4 Å². The highest BCUT2D eigenvalue weighted by molar-refractivity contribution is 7.99. The number of carbonyl (C=O) groups is 1. The summed E-state index contributed by atoms with van der Waals surface area (Å²) in [4.78, 5) is 21.9. The highest BCUT2D eigenvalue weighted by Crippen LogP contribution is 2.25. The molecule has 0 spiro atoms. The van der Waals surface area contributed by atoms with Crippen LogP contribution < -0.4 is 5.32 Å². The first-order valence-electron chi connectivity index (χ1n) is 11.6. The highest BCUT2D eigenvalue weighted by Gasteiger charge is 2.19. The molecule has 0 bridgehead atoms. The fourth-order valence-electron chi connectivity index (χ4n) is 3.63. The van der Waals surface area contributed by atoms with Crippen LogP contribution >= 0.6 is 11.8 Å². The molecule has 178 valence electrons. The van der Waals surface area contributed by atoms with Crippen LogP contribution in [0.5, 0.6) is 0 Å². The van der Waals surface area contributed by atoms with Crippen molar-refractivity contribution in [2.45, 2.75) is 51.6 Å². The van der Waals surface area contributed by atoms with Crippen LogP contribution in [0.4, 0.5) is 4.39 Å². The largest absolute Gasteiger partial charge is 0.345 e. The smallest absolute Gasteiger partial charge is 0.254 e. The number of hydrogen-bond donors (Lipinski definition) is 1. The second-order valence-electron chi connectivity index (χ2n) is 7.33. The van der Waals surface area contributed by atoms with E-state index in [2.05, 4.69) is 34.2 Å². The Morgan fingerprint density at radius 1 is 1.12 bits per heavy atom. The van der Waals surface area contributed by atoms with Gasteiger partial charge in [-0.15, -0.1) is 11.8 Å². The SMILES string of the molecule is CC.CCCC(NC(=O)c1cncc2c1cnn2-c1ccc(F)cc1)c1ccnc(SCC)c1. The summed E-state index contributed by atoms with van der Waals surface area (Å²) in [5, 5.41) is 9.21. The maximum absolute atomic E-state index is 13.3. The highest BCUT2D eigenvalue weighted by atomic mass is 32.2. The molecule has 1 atom stereocenters. The van der Waals surface area contributed by atoms with E-state index >= 15 is 0 Å². The molecule has 4 rings (SSSR count). The lowest BCUT2D eigenvalue weighted by Gasteiger charge is -2.19. The van der Waals surface area contributed by atoms with Crippen molar-refractivity contribution < 1.29 is 9.18 Å². The van der Waals surface area contributed by atoms with E-state index in [1.165, 1.54) is 12.1 Å². The van der Waals surface area contributed by atoms with Crippen LogP contribution in [0.15, 0.2) is 66.2 Å². The minimum absolute atomic E-state index is 0.130. The molecule has 0 saturated carbocycles. The van der Waals surface area contributed by atoms with E-state index in [-0.39, 0.29) is 17.8 Å². The van der Waals surface area contributed by atoms with Crippen LogP contribution in [0.25, 0.3) is 16.6 Å². The summed E-state index contributed by atoms with van der Waals surface area (Å²) in [6.07, 6.45) is 8.38. The number of pyridine rings is 2. The van der Waals surface area contributed by atoms with Gasteiger partial charge in [-0.1, -0.05) is 34.1 Å². The predicted molar refractivity (Wildman–Crippen MR) is 136 cm³/mol. The molecule has 1 N–H and O–H groups in total. The fraction of sp³-hybridized carbons (Fsp3) is 0.308. The van der Waals surface area contributed by atoms with E-state index in [0.29, 0.717) is 22.2 Å². The zero-order valence-electron chi connectivity index (χ0n) is 20.0. The molecule has 0 aliphatic heterocycles. The first kappa shape index (κ1) is 25.4. The Morgan fingerprint density at radius 3 is 2.59 bits per heavy atom. The number of rotatable bonds is 8. The Labute approximate surface area is 204 Å². The monoisotopic (exact) mass is 479 g/mol. The molecule has 3 aromatic heterocycles. The van der Waals surface area contributed by atoms with E-state index in [1.807, 2.05) is 26.0 Å². The zero-order valence-corrected chi connectivity index (χ0v) is 20.8. The number of aromatic nitrogens is 4.